The maximum atomic E-state index is 6.00. The van der Waals surface area contributed by atoms with E-state index in [9.17, 15) is 0 Å². The van der Waals surface area contributed by atoms with Gasteiger partial charge in [-0.15, -0.1) is 0 Å². The molecule has 0 unspecified atom stereocenters. The predicted octanol–water partition coefficient (Wildman–Crippen LogP) is 4.43. The molecule has 2 rings (SSSR count). The van der Waals surface area contributed by atoms with Gasteiger partial charge in [0.15, 0.2) is 5.82 Å². The lowest BCUT2D eigenvalue weighted by Gasteiger charge is -2.06. The standard InChI is InChI=1S/C13H12BrClN2/c1-3-9-7-12(15)17-13(16-9)10-5-4-8(2)6-11(10)14/h4-7H,3H2,1-2H3. The van der Waals surface area contributed by atoms with Crippen molar-refractivity contribution >= 4 is 27.5 Å². The number of aromatic nitrogens is 2. The second-order valence-corrected chi connectivity index (χ2v) is 5.08. The third kappa shape index (κ3) is 2.85. The molecule has 0 spiro atoms. The lowest BCUT2D eigenvalue weighted by atomic mass is 10.1. The van der Waals surface area contributed by atoms with Crippen molar-refractivity contribution in [1.82, 2.24) is 9.97 Å². The third-order valence-corrected chi connectivity index (χ3v) is 3.33. The number of hydrogen-bond donors (Lipinski definition) is 0. The molecule has 4 heteroatoms. The minimum absolute atomic E-state index is 0.485. The van der Waals surface area contributed by atoms with Crippen LogP contribution in [0, 0.1) is 6.92 Å². The van der Waals surface area contributed by atoms with Crippen LogP contribution in [0.15, 0.2) is 28.7 Å². The van der Waals surface area contributed by atoms with Crippen LogP contribution >= 0.6 is 27.5 Å². The van der Waals surface area contributed by atoms with Crippen molar-refractivity contribution in [3.63, 3.8) is 0 Å². The molecule has 0 saturated carbocycles. The summed E-state index contributed by atoms with van der Waals surface area (Å²) in [5.41, 5.74) is 3.11. The highest BCUT2D eigenvalue weighted by atomic mass is 79.9. The molecule has 0 aliphatic carbocycles. The first-order valence-corrected chi connectivity index (χ1v) is 6.57. The summed E-state index contributed by atoms with van der Waals surface area (Å²) < 4.78 is 0.988. The highest BCUT2D eigenvalue weighted by Crippen LogP contribution is 2.27. The van der Waals surface area contributed by atoms with Crippen molar-refractivity contribution in [3.8, 4) is 11.4 Å². The first-order valence-electron chi connectivity index (χ1n) is 5.40. The highest BCUT2D eigenvalue weighted by molar-refractivity contribution is 9.10. The molecule has 1 aromatic heterocycles. The van der Waals surface area contributed by atoms with E-state index in [1.165, 1.54) is 5.56 Å². The van der Waals surface area contributed by atoms with Gasteiger partial charge in [-0.1, -0.05) is 40.5 Å². The molecule has 0 bridgehead atoms. The molecule has 1 heterocycles. The normalized spacial score (nSPS) is 10.6. The van der Waals surface area contributed by atoms with E-state index in [4.69, 9.17) is 11.6 Å². The topological polar surface area (TPSA) is 25.8 Å². The van der Waals surface area contributed by atoms with Gasteiger partial charge < -0.3 is 0 Å². The molecular weight excluding hydrogens is 300 g/mol. The fourth-order valence-electron chi connectivity index (χ4n) is 1.57. The van der Waals surface area contributed by atoms with E-state index in [1.807, 2.05) is 32.0 Å². The Bertz CT molecular complexity index is 555. The molecule has 2 aromatic rings. The van der Waals surface area contributed by atoms with Crippen LogP contribution in [0.1, 0.15) is 18.2 Å². The van der Waals surface area contributed by atoms with Crippen LogP contribution < -0.4 is 0 Å². The predicted molar refractivity (Wildman–Crippen MR) is 74.3 cm³/mol. The van der Waals surface area contributed by atoms with Crippen molar-refractivity contribution in [2.45, 2.75) is 20.3 Å². The molecule has 0 aliphatic heterocycles. The molecule has 0 atom stereocenters. The zero-order valence-electron chi connectivity index (χ0n) is 9.67. The molecule has 0 N–H and O–H groups in total. The van der Waals surface area contributed by atoms with E-state index < -0.39 is 0 Å². The number of halogens is 2. The molecule has 0 aliphatic rings. The molecule has 0 amide bonds. The van der Waals surface area contributed by atoms with Gasteiger partial charge in [-0.05, 0) is 37.1 Å². The van der Waals surface area contributed by atoms with Crippen molar-refractivity contribution in [2.75, 3.05) is 0 Å². The first kappa shape index (κ1) is 12.5. The fourth-order valence-corrected chi connectivity index (χ4v) is 2.44. The molecule has 2 nitrogen and oxygen atoms in total. The Morgan fingerprint density at radius 1 is 1.24 bits per heavy atom. The zero-order chi connectivity index (χ0) is 12.4. The SMILES string of the molecule is CCc1cc(Cl)nc(-c2ccc(C)cc2Br)n1. The Balaban J connectivity index is 2.55. The summed E-state index contributed by atoms with van der Waals surface area (Å²) in [6, 6.07) is 7.89. The minimum atomic E-state index is 0.485. The maximum Gasteiger partial charge on any atom is 0.162 e. The Kier molecular flexibility index (Phi) is 3.79. The second kappa shape index (κ2) is 5.15. The van der Waals surface area contributed by atoms with Gasteiger partial charge in [0.1, 0.15) is 5.15 Å². The number of hydrogen-bond acceptors (Lipinski definition) is 2. The largest absolute Gasteiger partial charge is 0.233 e. The Morgan fingerprint density at radius 3 is 2.65 bits per heavy atom. The number of aryl methyl sites for hydroxylation is 2. The van der Waals surface area contributed by atoms with Gasteiger partial charge in [-0.25, -0.2) is 9.97 Å². The second-order valence-electron chi connectivity index (χ2n) is 3.84. The average Bonchev–Trinajstić information content (AvgIpc) is 2.28. The minimum Gasteiger partial charge on any atom is -0.233 e. The summed E-state index contributed by atoms with van der Waals surface area (Å²) in [6.07, 6.45) is 0.846. The molecule has 0 radical (unpaired) electrons. The average molecular weight is 312 g/mol. The molecular formula is C13H12BrClN2. The highest BCUT2D eigenvalue weighted by Gasteiger charge is 2.08. The number of benzene rings is 1. The summed E-state index contributed by atoms with van der Waals surface area (Å²) in [7, 11) is 0. The van der Waals surface area contributed by atoms with Gasteiger partial charge in [-0.2, -0.15) is 0 Å². The van der Waals surface area contributed by atoms with E-state index in [0.717, 1.165) is 22.2 Å². The lowest BCUT2D eigenvalue weighted by molar-refractivity contribution is 1.00. The van der Waals surface area contributed by atoms with Crippen LogP contribution in [0.25, 0.3) is 11.4 Å². The molecule has 88 valence electrons. The summed E-state index contributed by atoms with van der Waals surface area (Å²) >= 11 is 9.53. The van der Waals surface area contributed by atoms with Gasteiger partial charge in [0.2, 0.25) is 0 Å². The Hall–Kier alpha value is -0.930. The van der Waals surface area contributed by atoms with Crippen LogP contribution in [0.3, 0.4) is 0 Å². The van der Waals surface area contributed by atoms with Gasteiger partial charge in [-0.3, -0.25) is 0 Å². The number of rotatable bonds is 2. The van der Waals surface area contributed by atoms with Crippen LogP contribution in [0.4, 0.5) is 0 Å². The molecule has 0 fully saturated rings. The van der Waals surface area contributed by atoms with Gasteiger partial charge >= 0.3 is 0 Å². The van der Waals surface area contributed by atoms with Crippen LogP contribution in [-0.4, -0.2) is 9.97 Å². The van der Waals surface area contributed by atoms with Gasteiger partial charge in [0.25, 0.3) is 0 Å². The molecule has 17 heavy (non-hydrogen) atoms. The van der Waals surface area contributed by atoms with Crippen LogP contribution in [0.2, 0.25) is 5.15 Å². The summed E-state index contributed by atoms with van der Waals surface area (Å²) in [4.78, 5) is 8.75. The van der Waals surface area contributed by atoms with Crippen molar-refractivity contribution in [3.05, 3.63) is 45.1 Å². The van der Waals surface area contributed by atoms with Crippen molar-refractivity contribution < 1.29 is 0 Å². The Labute approximate surface area is 114 Å². The zero-order valence-corrected chi connectivity index (χ0v) is 12.0. The van der Waals surface area contributed by atoms with E-state index in [2.05, 4.69) is 25.9 Å². The van der Waals surface area contributed by atoms with Gasteiger partial charge in [0.05, 0.1) is 0 Å². The third-order valence-electron chi connectivity index (χ3n) is 2.48. The fraction of sp³-hybridized carbons (Fsp3) is 0.231. The van der Waals surface area contributed by atoms with E-state index in [1.54, 1.807) is 6.07 Å². The summed E-state index contributed by atoms with van der Waals surface area (Å²) in [5, 5.41) is 0.485. The monoisotopic (exact) mass is 310 g/mol. The first-order chi connectivity index (χ1) is 8.10. The van der Waals surface area contributed by atoms with Gasteiger partial charge in [0, 0.05) is 15.7 Å². The van der Waals surface area contributed by atoms with Crippen molar-refractivity contribution in [2.24, 2.45) is 0 Å². The van der Waals surface area contributed by atoms with Crippen LogP contribution in [-0.2, 0) is 6.42 Å². The quantitative estimate of drug-likeness (QED) is 0.767. The van der Waals surface area contributed by atoms with E-state index >= 15 is 0 Å². The maximum absolute atomic E-state index is 6.00. The van der Waals surface area contributed by atoms with E-state index in [-0.39, 0.29) is 0 Å². The Morgan fingerprint density at radius 2 is 2.00 bits per heavy atom. The van der Waals surface area contributed by atoms with E-state index in [0.29, 0.717) is 11.0 Å². The number of nitrogens with zero attached hydrogens (tertiary/aromatic N) is 2. The molecule has 1 aromatic carbocycles. The lowest BCUT2D eigenvalue weighted by Crippen LogP contribution is -1.95. The summed E-state index contributed by atoms with van der Waals surface area (Å²) in [5.74, 6) is 0.668. The smallest absolute Gasteiger partial charge is 0.162 e. The molecule has 0 saturated heterocycles. The van der Waals surface area contributed by atoms with Crippen molar-refractivity contribution in [1.29, 1.82) is 0 Å². The summed E-state index contributed by atoms with van der Waals surface area (Å²) in [6.45, 7) is 4.09. The van der Waals surface area contributed by atoms with Crippen LogP contribution in [0.5, 0.6) is 0 Å².